The van der Waals surface area contributed by atoms with Gasteiger partial charge in [-0.1, -0.05) is 6.58 Å². The predicted octanol–water partition coefficient (Wildman–Crippen LogP) is 2.06. The lowest BCUT2D eigenvalue weighted by Gasteiger charge is -2.00. The van der Waals surface area contributed by atoms with Crippen LogP contribution in [0.4, 0.5) is 8.78 Å². The van der Waals surface area contributed by atoms with Crippen LogP contribution in [-0.2, 0) is 4.79 Å². The Morgan fingerprint density at radius 3 is 2.62 bits per heavy atom. The first-order valence-corrected chi connectivity index (χ1v) is 3.43. The SMILES string of the molecule is C=CC(=O)Oc1ccc(F)c(F)c1. The monoisotopic (exact) mass is 184 g/mol. The molecule has 0 saturated carbocycles. The summed E-state index contributed by atoms with van der Waals surface area (Å²) in [6.45, 7) is 3.15. The first-order chi connectivity index (χ1) is 6.13. The fourth-order valence-corrected chi connectivity index (χ4v) is 0.698. The van der Waals surface area contributed by atoms with Gasteiger partial charge in [0.1, 0.15) is 5.75 Å². The van der Waals surface area contributed by atoms with Crippen LogP contribution in [0.3, 0.4) is 0 Å². The third-order valence-electron chi connectivity index (χ3n) is 1.28. The standard InChI is InChI=1S/C9H6F2O2/c1-2-9(12)13-6-3-4-7(10)8(11)5-6/h2-5H,1H2. The van der Waals surface area contributed by atoms with E-state index >= 15 is 0 Å². The fourth-order valence-electron chi connectivity index (χ4n) is 0.698. The molecule has 0 aromatic heterocycles. The van der Waals surface area contributed by atoms with Crippen molar-refractivity contribution in [3.63, 3.8) is 0 Å². The van der Waals surface area contributed by atoms with Crippen LogP contribution in [0.5, 0.6) is 5.75 Å². The number of hydrogen-bond acceptors (Lipinski definition) is 2. The summed E-state index contributed by atoms with van der Waals surface area (Å²) in [5.74, 6) is -2.82. The maximum atomic E-state index is 12.5. The third-order valence-corrected chi connectivity index (χ3v) is 1.28. The zero-order valence-electron chi connectivity index (χ0n) is 6.59. The molecule has 0 spiro atoms. The van der Waals surface area contributed by atoms with Crippen molar-refractivity contribution >= 4 is 5.97 Å². The molecule has 4 heteroatoms. The Hall–Kier alpha value is -1.71. The molecule has 0 aliphatic heterocycles. The van der Waals surface area contributed by atoms with E-state index in [4.69, 9.17) is 0 Å². The van der Waals surface area contributed by atoms with E-state index in [0.717, 1.165) is 24.3 Å². The van der Waals surface area contributed by atoms with E-state index in [9.17, 15) is 13.6 Å². The van der Waals surface area contributed by atoms with Crippen LogP contribution in [0.2, 0.25) is 0 Å². The quantitative estimate of drug-likeness (QED) is 0.399. The molecule has 0 heterocycles. The summed E-state index contributed by atoms with van der Waals surface area (Å²) < 4.78 is 29.5. The van der Waals surface area contributed by atoms with Crippen LogP contribution in [0.15, 0.2) is 30.9 Å². The first-order valence-electron chi connectivity index (χ1n) is 3.43. The maximum absolute atomic E-state index is 12.5. The number of hydrogen-bond donors (Lipinski definition) is 0. The molecular weight excluding hydrogens is 178 g/mol. The lowest BCUT2D eigenvalue weighted by atomic mass is 10.3. The zero-order chi connectivity index (χ0) is 9.84. The molecule has 0 fully saturated rings. The summed E-state index contributed by atoms with van der Waals surface area (Å²) in [5.41, 5.74) is 0. The number of carbonyl (C=O) groups is 1. The van der Waals surface area contributed by atoms with Gasteiger partial charge in [-0.3, -0.25) is 0 Å². The van der Waals surface area contributed by atoms with E-state index in [0.29, 0.717) is 0 Å². The van der Waals surface area contributed by atoms with Crippen LogP contribution >= 0.6 is 0 Å². The summed E-state index contributed by atoms with van der Waals surface area (Å²) in [7, 11) is 0. The van der Waals surface area contributed by atoms with Crippen molar-refractivity contribution in [2.75, 3.05) is 0 Å². The number of benzene rings is 1. The average Bonchev–Trinajstić information content (AvgIpc) is 2.11. The van der Waals surface area contributed by atoms with Crippen molar-refractivity contribution in [1.82, 2.24) is 0 Å². The Balaban J connectivity index is 2.85. The third kappa shape index (κ3) is 2.37. The molecule has 1 aromatic rings. The predicted molar refractivity (Wildman–Crippen MR) is 42.2 cm³/mol. The summed E-state index contributed by atoms with van der Waals surface area (Å²) in [4.78, 5) is 10.6. The van der Waals surface area contributed by atoms with Gasteiger partial charge < -0.3 is 4.74 Å². The van der Waals surface area contributed by atoms with Crippen LogP contribution in [0.1, 0.15) is 0 Å². The number of carbonyl (C=O) groups excluding carboxylic acids is 1. The van der Waals surface area contributed by atoms with Crippen LogP contribution in [-0.4, -0.2) is 5.97 Å². The summed E-state index contributed by atoms with van der Waals surface area (Å²) >= 11 is 0. The van der Waals surface area contributed by atoms with Crippen LogP contribution in [0, 0.1) is 11.6 Å². The van der Waals surface area contributed by atoms with E-state index in [1.54, 1.807) is 0 Å². The summed E-state index contributed by atoms with van der Waals surface area (Å²) in [5, 5.41) is 0. The van der Waals surface area contributed by atoms with Crippen molar-refractivity contribution in [1.29, 1.82) is 0 Å². The van der Waals surface area contributed by atoms with Gasteiger partial charge in [0.15, 0.2) is 11.6 Å². The van der Waals surface area contributed by atoms with Gasteiger partial charge in [-0.15, -0.1) is 0 Å². The smallest absolute Gasteiger partial charge is 0.335 e. The second-order valence-electron chi connectivity index (χ2n) is 2.20. The minimum absolute atomic E-state index is 0.0520. The molecule has 0 N–H and O–H groups in total. The molecule has 0 aliphatic carbocycles. The Labute approximate surface area is 73.4 Å². The van der Waals surface area contributed by atoms with E-state index in [2.05, 4.69) is 11.3 Å². The van der Waals surface area contributed by atoms with Crippen LogP contribution in [0.25, 0.3) is 0 Å². The minimum Gasteiger partial charge on any atom is -0.423 e. The highest BCUT2D eigenvalue weighted by molar-refractivity contribution is 5.83. The number of rotatable bonds is 2. The second-order valence-corrected chi connectivity index (χ2v) is 2.20. The van der Waals surface area contributed by atoms with Crippen LogP contribution < -0.4 is 4.74 Å². The number of halogens is 2. The van der Waals surface area contributed by atoms with Gasteiger partial charge in [-0.05, 0) is 12.1 Å². The molecule has 0 aliphatic rings. The van der Waals surface area contributed by atoms with Crippen molar-refractivity contribution in [3.05, 3.63) is 42.5 Å². The van der Waals surface area contributed by atoms with Gasteiger partial charge in [0.05, 0.1) is 0 Å². The number of ether oxygens (including phenoxy) is 1. The summed E-state index contributed by atoms with van der Waals surface area (Å²) in [6.07, 6.45) is 0.932. The molecule has 0 radical (unpaired) electrons. The van der Waals surface area contributed by atoms with Crippen molar-refractivity contribution in [2.24, 2.45) is 0 Å². The maximum Gasteiger partial charge on any atom is 0.335 e. The molecule has 0 saturated heterocycles. The topological polar surface area (TPSA) is 26.3 Å². The van der Waals surface area contributed by atoms with Gasteiger partial charge >= 0.3 is 5.97 Å². The van der Waals surface area contributed by atoms with E-state index in [1.165, 1.54) is 0 Å². The molecule has 2 nitrogen and oxygen atoms in total. The molecule has 0 amide bonds. The highest BCUT2D eigenvalue weighted by atomic mass is 19.2. The molecule has 0 bridgehead atoms. The summed E-state index contributed by atoms with van der Waals surface area (Å²) in [6, 6.07) is 2.82. The Morgan fingerprint density at radius 1 is 1.38 bits per heavy atom. The Kier molecular flexibility index (Phi) is 2.74. The average molecular weight is 184 g/mol. The van der Waals surface area contributed by atoms with Crippen molar-refractivity contribution < 1.29 is 18.3 Å². The van der Waals surface area contributed by atoms with Gasteiger partial charge in [0.25, 0.3) is 0 Å². The van der Waals surface area contributed by atoms with Crippen molar-refractivity contribution in [2.45, 2.75) is 0 Å². The Morgan fingerprint density at radius 2 is 2.08 bits per heavy atom. The highest BCUT2D eigenvalue weighted by Gasteiger charge is 2.04. The molecule has 1 rings (SSSR count). The highest BCUT2D eigenvalue weighted by Crippen LogP contribution is 2.15. The normalized spacial score (nSPS) is 9.38. The second kappa shape index (κ2) is 3.80. The Bertz CT molecular complexity index is 347. The first kappa shape index (κ1) is 9.38. The molecule has 13 heavy (non-hydrogen) atoms. The molecule has 0 atom stereocenters. The fraction of sp³-hybridized carbons (Fsp3) is 0. The van der Waals surface area contributed by atoms with Gasteiger partial charge in [-0.2, -0.15) is 0 Å². The van der Waals surface area contributed by atoms with E-state index < -0.39 is 17.6 Å². The van der Waals surface area contributed by atoms with Gasteiger partial charge in [0, 0.05) is 12.1 Å². The van der Waals surface area contributed by atoms with Gasteiger partial charge in [-0.25, -0.2) is 13.6 Å². The molecule has 1 aromatic carbocycles. The largest absolute Gasteiger partial charge is 0.423 e. The van der Waals surface area contributed by atoms with E-state index in [1.807, 2.05) is 0 Å². The lowest BCUT2D eigenvalue weighted by Crippen LogP contribution is -2.03. The zero-order valence-corrected chi connectivity index (χ0v) is 6.59. The number of esters is 1. The van der Waals surface area contributed by atoms with Crippen molar-refractivity contribution in [3.8, 4) is 5.75 Å². The molecular formula is C9H6F2O2. The van der Waals surface area contributed by atoms with Gasteiger partial charge in [0.2, 0.25) is 0 Å². The van der Waals surface area contributed by atoms with E-state index in [-0.39, 0.29) is 5.75 Å². The minimum atomic E-state index is -1.06. The molecule has 0 unspecified atom stereocenters. The lowest BCUT2D eigenvalue weighted by molar-refractivity contribution is -0.128. The molecule has 68 valence electrons.